The Morgan fingerprint density at radius 3 is 2.20 bits per heavy atom. The Kier molecular flexibility index (Phi) is 5.06. The number of halogens is 2. The second kappa shape index (κ2) is 6.60. The third kappa shape index (κ3) is 3.34. The first-order chi connectivity index (χ1) is 9.55. The molecule has 0 nitrogen and oxygen atoms in total. The fourth-order valence-electron chi connectivity index (χ4n) is 2.29. The van der Waals surface area contributed by atoms with Crippen molar-refractivity contribution < 1.29 is 0 Å². The van der Waals surface area contributed by atoms with Gasteiger partial charge in [0.25, 0.3) is 0 Å². The first kappa shape index (κ1) is 15.3. The van der Waals surface area contributed by atoms with Crippen LogP contribution in [-0.4, -0.2) is 8.07 Å². The maximum absolute atomic E-state index is 5.83. The largest absolute Gasteiger partial charge is 0.122 e. The second-order valence-corrected chi connectivity index (χ2v) is 10.6. The summed E-state index contributed by atoms with van der Waals surface area (Å²) in [6.07, 6.45) is 0. The third-order valence-electron chi connectivity index (χ3n) is 3.45. The summed E-state index contributed by atoms with van der Waals surface area (Å²) < 4.78 is 1.08. The van der Waals surface area contributed by atoms with Crippen LogP contribution >= 0.6 is 27.5 Å². The average Bonchev–Trinajstić information content (AvgIpc) is 2.47. The molecule has 0 aromatic heterocycles. The SMILES string of the molecule is C[Si](C)(C(=C=CCl)c1ccc(Br)cc1)c1ccccc1. The van der Waals surface area contributed by atoms with E-state index in [1.54, 1.807) is 0 Å². The van der Waals surface area contributed by atoms with Crippen LogP contribution in [0.5, 0.6) is 0 Å². The summed E-state index contributed by atoms with van der Waals surface area (Å²) >= 11 is 9.30. The van der Waals surface area contributed by atoms with Crippen LogP contribution in [0.25, 0.3) is 5.20 Å². The van der Waals surface area contributed by atoms with Crippen LogP contribution in [0.1, 0.15) is 5.56 Å². The summed E-state index contributed by atoms with van der Waals surface area (Å²) in [5.74, 6) is 0. The second-order valence-electron chi connectivity index (χ2n) is 5.13. The van der Waals surface area contributed by atoms with Crippen LogP contribution in [0.3, 0.4) is 0 Å². The quantitative estimate of drug-likeness (QED) is 0.510. The van der Waals surface area contributed by atoms with Gasteiger partial charge in [0.15, 0.2) is 0 Å². The number of rotatable bonds is 3. The molecule has 0 bridgehead atoms. The third-order valence-corrected chi connectivity index (χ3v) is 7.55. The van der Waals surface area contributed by atoms with Gasteiger partial charge < -0.3 is 0 Å². The van der Waals surface area contributed by atoms with Crippen LogP contribution < -0.4 is 5.19 Å². The zero-order valence-electron chi connectivity index (χ0n) is 11.5. The van der Waals surface area contributed by atoms with Crippen LogP contribution in [0.4, 0.5) is 0 Å². The first-order valence-corrected chi connectivity index (χ1v) is 10.7. The van der Waals surface area contributed by atoms with Crippen LogP contribution in [-0.2, 0) is 0 Å². The lowest BCUT2D eigenvalue weighted by Crippen LogP contribution is -2.42. The molecular weight excluding hydrogens is 348 g/mol. The normalized spacial score (nSPS) is 10.8. The van der Waals surface area contributed by atoms with Gasteiger partial charge >= 0.3 is 0 Å². The number of hydrogen-bond donors (Lipinski definition) is 0. The molecule has 2 aromatic carbocycles. The predicted molar refractivity (Wildman–Crippen MR) is 95.0 cm³/mol. The summed E-state index contributed by atoms with van der Waals surface area (Å²) in [5, 5.41) is 2.59. The number of hydrogen-bond acceptors (Lipinski definition) is 0. The Morgan fingerprint density at radius 2 is 1.65 bits per heavy atom. The molecule has 0 saturated carbocycles. The summed E-state index contributed by atoms with van der Waals surface area (Å²) in [7, 11) is -1.81. The zero-order chi connectivity index (χ0) is 14.6. The van der Waals surface area contributed by atoms with E-state index < -0.39 is 8.07 Å². The van der Waals surface area contributed by atoms with E-state index in [0.717, 1.165) is 4.47 Å². The van der Waals surface area contributed by atoms with E-state index >= 15 is 0 Å². The van der Waals surface area contributed by atoms with Gasteiger partial charge in [-0.15, -0.1) is 5.73 Å². The molecule has 0 aliphatic carbocycles. The summed E-state index contributed by atoms with van der Waals surface area (Å²) in [6.45, 7) is 4.65. The Balaban J connectivity index is 2.55. The predicted octanol–water partition coefficient (Wildman–Crippen LogP) is 5.34. The van der Waals surface area contributed by atoms with Gasteiger partial charge in [-0.25, -0.2) is 0 Å². The molecule has 102 valence electrons. The van der Waals surface area contributed by atoms with Crippen LogP contribution in [0.15, 0.2) is 70.3 Å². The van der Waals surface area contributed by atoms with Crippen molar-refractivity contribution in [2.45, 2.75) is 13.1 Å². The molecule has 0 amide bonds. The lowest BCUT2D eigenvalue weighted by Gasteiger charge is -2.25. The topological polar surface area (TPSA) is 0 Å². The molecule has 0 saturated heterocycles. The van der Waals surface area contributed by atoms with Gasteiger partial charge in [-0.1, -0.05) is 88.3 Å². The lowest BCUT2D eigenvalue weighted by atomic mass is 10.2. The van der Waals surface area contributed by atoms with Gasteiger partial charge in [0.1, 0.15) is 8.07 Å². The molecule has 0 radical (unpaired) electrons. The summed E-state index contributed by atoms with van der Waals surface area (Å²) in [6, 6.07) is 19.0. The van der Waals surface area contributed by atoms with E-state index in [9.17, 15) is 0 Å². The monoisotopic (exact) mass is 362 g/mol. The maximum atomic E-state index is 5.83. The van der Waals surface area contributed by atoms with E-state index in [0.29, 0.717) is 0 Å². The minimum absolute atomic E-state index is 1.08. The van der Waals surface area contributed by atoms with Crippen molar-refractivity contribution >= 4 is 46.0 Å². The van der Waals surface area contributed by atoms with E-state index in [2.05, 4.69) is 83.3 Å². The van der Waals surface area contributed by atoms with Gasteiger partial charge in [0.2, 0.25) is 0 Å². The standard InChI is InChI=1S/C17H16BrClSi/c1-20(2,16-6-4-3-5-7-16)17(12-13-19)14-8-10-15(18)11-9-14/h3-11,13H,1-2H3. The van der Waals surface area contributed by atoms with E-state index in [4.69, 9.17) is 11.6 Å². The Hall–Kier alpha value is -1.05. The molecule has 0 N–H and O–H groups in total. The molecule has 0 aliphatic heterocycles. The van der Waals surface area contributed by atoms with Gasteiger partial charge in [-0.3, -0.25) is 0 Å². The minimum Gasteiger partial charge on any atom is -0.109 e. The van der Waals surface area contributed by atoms with Crippen LogP contribution in [0.2, 0.25) is 13.1 Å². The molecule has 0 aliphatic rings. The van der Waals surface area contributed by atoms with Crippen molar-refractivity contribution in [3.63, 3.8) is 0 Å². The smallest absolute Gasteiger partial charge is 0.109 e. The highest BCUT2D eigenvalue weighted by Gasteiger charge is 2.29. The van der Waals surface area contributed by atoms with Crippen molar-refractivity contribution in [2.75, 3.05) is 0 Å². The van der Waals surface area contributed by atoms with E-state index in [1.165, 1.54) is 21.5 Å². The van der Waals surface area contributed by atoms with Gasteiger partial charge in [-0.05, 0) is 22.9 Å². The molecule has 0 unspecified atom stereocenters. The zero-order valence-corrected chi connectivity index (χ0v) is 14.9. The molecule has 20 heavy (non-hydrogen) atoms. The molecule has 2 aromatic rings. The molecule has 0 spiro atoms. The summed E-state index contributed by atoms with van der Waals surface area (Å²) in [5.41, 5.74) is 5.94. The molecule has 0 atom stereocenters. The molecule has 3 heteroatoms. The van der Waals surface area contributed by atoms with Gasteiger partial charge in [0.05, 0.1) is 0 Å². The highest BCUT2D eigenvalue weighted by molar-refractivity contribution is 9.10. The highest BCUT2D eigenvalue weighted by Crippen LogP contribution is 2.26. The maximum Gasteiger partial charge on any atom is 0.122 e. The molecule has 0 heterocycles. The lowest BCUT2D eigenvalue weighted by molar-refractivity contribution is 1.59. The van der Waals surface area contributed by atoms with E-state index in [1.807, 2.05) is 6.07 Å². The minimum atomic E-state index is -1.81. The van der Waals surface area contributed by atoms with Crippen molar-refractivity contribution in [2.24, 2.45) is 0 Å². The Bertz CT molecular complexity index is 638. The first-order valence-electron chi connectivity index (χ1n) is 6.43. The molecule has 2 rings (SSSR count). The van der Waals surface area contributed by atoms with Crippen molar-refractivity contribution in [1.29, 1.82) is 0 Å². The average molecular weight is 364 g/mol. The van der Waals surface area contributed by atoms with Gasteiger partial charge in [-0.2, -0.15) is 0 Å². The fourth-order valence-corrected chi connectivity index (χ4v) is 5.40. The van der Waals surface area contributed by atoms with E-state index in [-0.39, 0.29) is 0 Å². The Morgan fingerprint density at radius 1 is 1.05 bits per heavy atom. The molecule has 0 fully saturated rings. The fraction of sp³-hybridized carbons (Fsp3) is 0.118. The number of benzene rings is 2. The molecular formula is C17H16BrClSi. The Labute approximate surface area is 134 Å². The van der Waals surface area contributed by atoms with Crippen molar-refractivity contribution in [1.82, 2.24) is 0 Å². The van der Waals surface area contributed by atoms with Gasteiger partial charge in [0, 0.05) is 10.0 Å². The van der Waals surface area contributed by atoms with Crippen LogP contribution in [0, 0.1) is 0 Å². The highest BCUT2D eigenvalue weighted by atomic mass is 79.9. The van der Waals surface area contributed by atoms with Crippen molar-refractivity contribution in [3.8, 4) is 0 Å². The van der Waals surface area contributed by atoms with Crippen molar-refractivity contribution in [3.05, 3.63) is 75.9 Å². The summed E-state index contributed by atoms with van der Waals surface area (Å²) in [4.78, 5) is 0.